The summed E-state index contributed by atoms with van der Waals surface area (Å²) >= 11 is 8.73. The summed E-state index contributed by atoms with van der Waals surface area (Å²) in [5.41, 5.74) is 2.13. The number of rotatable bonds is 6. The molecule has 0 N–H and O–H groups in total. The molecule has 0 aromatic heterocycles. The SMILES string of the molecule is CCOC(=S)SC(CC1CCCc2ccccc2C1=O)SCC. The van der Waals surface area contributed by atoms with E-state index in [1.165, 1.54) is 5.56 Å². The van der Waals surface area contributed by atoms with Crippen molar-refractivity contribution in [2.75, 3.05) is 12.4 Å². The molecule has 1 aromatic carbocycles. The zero-order valence-corrected chi connectivity index (χ0v) is 16.2. The highest BCUT2D eigenvalue weighted by Crippen LogP contribution is 2.35. The van der Waals surface area contributed by atoms with E-state index in [9.17, 15) is 4.79 Å². The van der Waals surface area contributed by atoms with Crippen LogP contribution >= 0.6 is 35.7 Å². The fourth-order valence-corrected chi connectivity index (χ4v) is 5.98. The van der Waals surface area contributed by atoms with Crippen molar-refractivity contribution in [2.45, 2.75) is 44.1 Å². The summed E-state index contributed by atoms with van der Waals surface area (Å²) in [5.74, 6) is 1.42. The maximum Gasteiger partial charge on any atom is 0.221 e. The number of aryl methyl sites for hydroxylation is 1. The fraction of sp³-hybridized carbons (Fsp3) is 0.556. The molecule has 0 fully saturated rings. The van der Waals surface area contributed by atoms with E-state index >= 15 is 0 Å². The lowest BCUT2D eigenvalue weighted by Crippen LogP contribution is -2.19. The molecule has 1 aliphatic carbocycles. The van der Waals surface area contributed by atoms with E-state index in [-0.39, 0.29) is 5.92 Å². The van der Waals surface area contributed by atoms with Crippen LogP contribution in [0.3, 0.4) is 0 Å². The molecular formula is C18H24O2S3. The summed E-state index contributed by atoms with van der Waals surface area (Å²) in [7, 11) is 0. The summed E-state index contributed by atoms with van der Waals surface area (Å²) < 4.78 is 6.30. The van der Waals surface area contributed by atoms with Gasteiger partial charge in [-0.1, -0.05) is 43.0 Å². The van der Waals surface area contributed by atoms with Crippen molar-refractivity contribution in [2.24, 2.45) is 5.92 Å². The zero-order valence-electron chi connectivity index (χ0n) is 13.7. The van der Waals surface area contributed by atoms with Crippen LogP contribution in [0.1, 0.15) is 49.0 Å². The van der Waals surface area contributed by atoms with Crippen LogP contribution in [0.25, 0.3) is 0 Å². The van der Waals surface area contributed by atoms with Crippen molar-refractivity contribution in [1.82, 2.24) is 0 Å². The van der Waals surface area contributed by atoms with Gasteiger partial charge in [-0.3, -0.25) is 4.79 Å². The van der Waals surface area contributed by atoms with Gasteiger partial charge in [0.25, 0.3) is 0 Å². The van der Waals surface area contributed by atoms with Crippen LogP contribution in [-0.4, -0.2) is 27.1 Å². The second-order valence-electron chi connectivity index (χ2n) is 5.53. The van der Waals surface area contributed by atoms with E-state index in [1.807, 2.05) is 36.9 Å². The van der Waals surface area contributed by atoms with E-state index in [1.54, 1.807) is 11.8 Å². The van der Waals surface area contributed by atoms with Crippen molar-refractivity contribution in [3.05, 3.63) is 35.4 Å². The molecule has 0 heterocycles. The maximum atomic E-state index is 12.9. The smallest absolute Gasteiger partial charge is 0.221 e. The van der Waals surface area contributed by atoms with Crippen LogP contribution in [0.4, 0.5) is 0 Å². The Morgan fingerprint density at radius 3 is 2.91 bits per heavy atom. The Morgan fingerprint density at radius 1 is 1.39 bits per heavy atom. The Bertz CT molecular complexity index is 545. The van der Waals surface area contributed by atoms with Crippen molar-refractivity contribution >= 4 is 45.9 Å². The molecule has 0 bridgehead atoms. The fourth-order valence-electron chi connectivity index (χ4n) is 2.92. The second kappa shape index (κ2) is 9.70. The molecule has 0 amide bonds. The highest BCUT2D eigenvalue weighted by molar-refractivity contribution is 8.30. The van der Waals surface area contributed by atoms with Gasteiger partial charge in [0, 0.05) is 11.5 Å². The Labute approximate surface area is 153 Å². The lowest BCUT2D eigenvalue weighted by Gasteiger charge is -2.21. The van der Waals surface area contributed by atoms with Gasteiger partial charge in [-0.2, -0.15) is 0 Å². The van der Waals surface area contributed by atoms with Crippen LogP contribution in [-0.2, 0) is 11.2 Å². The van der Waals surface area contributed by atoms with E-state index in [0.717, 1.165) is 37.0 Å². The number of carbonyl (C=O) groups is 1. The quantitative estimate of drug-likeness (QED) is 0.383. The minimum Gasteiger partial charge on any atom is -0.479 e. The van der Waals surface area contributed by atoms with Gasteiger partial charge in [0.05, 0.1) is 11.2 Å². The van der Waals surface area contributed by atoms with Crippen molar-refractivity contribution in [3.8, 4) is 0 Å². The number of Topliss-reactive ketones (excluding diaryl/α,β-unsaturated/α-hetero) is 1. The van der Waals surface area contributed by atoms with Crippen molar-refractivity contribution in [3.63, 3.8) is 0 Å². The van der Waals surface area contributed by atoms with E-state index in [4.69, 9.17) is 17.0 Å². The first-order chi connectivity index (χ1) is 11.2. The van der Waals surface area contributed by atoms with E-state index in [2.05, 4.69) is 13.0 Å². The summed E-state index contributed by atoms with van der Waals surface area (Å²) in [6.07, 6.45) is 3.92. The average Bonchev–Trinajstić information content (AvgIpc) is 2.68. The van der Waals surface area contributed by atoms with Crippen LogP contribution in [0.5, 0.6) is 0 Å². The normalized spacial score (nSPS) is 18.9. The Kier molecular flexibility index (Phi) is 7.93. The first-order valence-corrected chi connectivity index (χ1v) is 10.6. The van der Waals surface area contributed by atoms with Crippen LogP contribution in [0, 0.1) is 5.92 Å². The molecule has 2 unspecified atom stereocenters. The third kappa shape index (κ3) is 5.50. The average molecular weight is 369 g/mol. The number of carbonyl (C=O) groups excluding carboxylic acids is 1. The topological polar surface area (TPSA) is 26.3 Å². The van der Waals surface area contributed by atoms with Gasteiger partial charge in [0.15, 0.2) is 5.78 Å². The number of ketones is 1. The van der Waals surface area contributed by atoms with E-state index in [0.29, 0.717) is 21.4 Å². The predicted molar refractivity (Wildman–Crippen MR) is 106 cm³/mol. The molecule has 2 rings (SSSR count). The van der Waals surface area contributed by atoms with Gasteiger partial charge in [0.2, 0.25) is 4.38 Å². The molecule has 0 radical (unpaired) electrons. The zero-order chi connectivity index (χ0) is 16.7. The first kappa shape index (κ1) is 18.8. The highest BCUT2D eigenvalue weighted by atomic mass is 32.2. The third-order valence-corrected chi connectivity index (χ3v) is 6.74. The molecule has 0 aliphatic heterocycles. The molecule has 5 heteroatoms. The van der Waals surface area contributed by atoms with E-state index < -0.39 is 0 Å². The first-order valence-electron chi connectivity index (χ1n) is 8.22. The number of fused-ring (bicyclic) bond motifs is 1. The van der Waals surface area contributed by atoms with Gasteiger partial charge >= 0.3 is 0 Å². The summed E-state index contributed by atoms with van der Waals surface area (Å²) in [4.78, 5) is 12.9. The molecule has 2 atom stereocenters. The molecule has 0 spiro atoms. The minimum absolute atomic E-state index is 0.0969. The lowest BCUT2D eigenvalue weighted by molar-refractivity contribution is 0.0912. The predicted octanol–water partition coefficient (Wildman–Crippen LogP) is 5.35. The molecule has 2 nitrogen and oxygen atoms in total. The standard InChI is InChI=1S/C18H24O2S3/c1-3-20-18(21)23-16(22-4-2)12-14-10-7-9-13-8-5-6-11-15(13)17(14)19/h5-6,8,11,14,16H,3-4,7,9-10,12H2,1-2H3. The number of hydrogen-bond donors (Lipinski definition) is 0. The number of thioether (sulfide) groups is 2. The highest BCUT2D eigenvalue weighted by Gasteiger charge is 2.28. The Morgan fingerprint density at radius 2 is 2.17 bits per heavy atom. The van der Waals surface area contributed by atoms with Crippen molar-refractivity contribution in [1.29, 1.82) is 0 Å². The number of ether oxygens (including phenoxy) is 1. The molecule has 1 aromatic rings. The summed E-state index contributed by atoms with van der Waals surface area (Å²) in [6, 6.07) is 8.07. The Balaban J connectivity index is 2.07. The molecule has 0 saturated carbocycles. The second-order valence-corrected chi connectivity index (χ2v) is 9.11. The van der Waals surface area contributed by atoms with Gasteiger partial charge in [-0.05, 0) is 56.1 Å². The van der Waals surface area contributed by atoms with Gasteiger partial charge in [-0.25, -0.2) is 0 Å². The third-order valence-electron chi connectivity index (χ3n) is 3.97. The lowest BCUT2D eigenvalue weighted by atomic mass is 9.93. The van der Waals surface area contributed by atoms with Crippen molar-refractivity contribution < 1.29 is 9.53 Å². The Hall–Kier alpha value is -0.520. The summed E-state index contributed by atoms with van der Waals surface area (Å²) in [5, 5.41) is 0. The molecule has 23 heavy (non-hydrogen) atoms. The van der Waals surface area contributed by atoms with Gasteiger partial charge in [0.1, 0.15) is 0 Å². The molecule has 1 aliphatic rings. The molecule has 0 saturated heterocycles. The number of hydrogen-bond acceptors (Lipinski definition) is 5. The monoisotopic (exact) mass is 368 g/mol. The van der Waals surface area contributed by atoms with Crippen LogP contribution in [0.2, 0.25) is 0 Å². The molecular weight excluding hydrogens is 344 g/mol. The maximum absolute atomic E-state index is 12.9. The van der Waals surface area contributed by atoms with Gasteiger partial charge in [-0.15, -0.1) is 11.8 Å². The van der Waals surface area contributed by atoms with Gasteiger partial charge < -0.3 is 4.74 Å². The minimum atomic E-state index is 0.0969. The van der Waals surface area contributed by atoms with Crippen LogP contribution < -0.4 is 0 Å². The summed E-state index contributed by atoms with van der Waals surface area (Å²) in [6.45, 7) is 4.69. The molecule has 126 valence electrons. The van der Waals surface area contributed by atoms with Crippen LogP contribution in [0.15, 0.2) is 24.3 Å². The largest absolute Gasteiger partial charge is 0.479 e. The number of benzene rings is 1. The number of thiocarbonyl (C=S) groups is 1.